The fourth-order valence-corrected chi connectivity index (χ4v) is 1.98. The van der Waals surface area contributed by atoms with Crippen molar-refractivity contribution in [1.29, 1.82) is 0 Å². The summed E-state index contributed by atoms with van der Waals surface area (Å²) in [5.74, 6) is 0.490. The second kappa shape index (κ2) is 9.35. The zero-order valence-corrected chi connectivity index (χ0v) is 12.2. The van der Waals surface area contributed by atoms with Crippen LogP contribution in [0.1, 0.15) is 38.3 Å². The summed E-state index contributed by atoms with van der Waals surface area (Å²) in [6.07, 6.45) is 3.35. The van der Waals surface area contributed by atoms with E-state index in [0.717, 1.165) is 20.0 Å². The van der Waals surface area contributed by atoms with Gasteiger partial charge in [-0.25, -0.2) is 4.99 Å². The summed E-state index contributed by atoms with van der Waals surface area (Å²) in [5.41, 5.74) is 11.6. The van der Waals surface area contributed by atoms with Crippen LogP contribution in [0.2, 0.25) is 0 Å². The number of aliphatic imine (C=N–C) groups is 1. The number of hydrogen-bond donors (Lipinski definition) is 4. The summed E-state index contributed by atoms with van der Waals surface area (Å²) in [6.45, 7) is 5.73. The molecule has 0 fully saturated rings. The predicted molar refractivity (Wildman–Crippen MR) is 80.3 cm³/mol. The molecule has 5 nitrogen and oxygen atoms in total. The number of nitrogens with one attached hydrogen (secondary N) is 1. The van der Waals surface area contributed by atoms with Gasteiger partial charge >= 0.3 is 0 Å². The van der Waals surface area contributed by atoms with E-state index in [4.69, 9.17) is 16.0 Å². The Morgan fingerprint density at radius 2 is 1.74 bits per heavy atom. The molecular weight excluding hydrogens is 242 g/mol. The van der Waals surface area contributed by atoms with Crippen molar-refractivity contribution < 1.29 is 10.3 Å². The molecule has 1 aliphatic rings. The molecule has 0 unspecified atom stereocenters. The third-order valence-corrected chi connectivity index (χ3v) is 2.63. The van der Waals surface area contributed by atoms with Gasteiger partial charge in [-0.3, -0.25) is 10.7 Å². The molecule has 5 heteroatoms. The second-order valence-corrected chi connectivity index (χ2v) is 3.86. The summed E-state index contributed by atoms with van der Waals surface area (Å²) < 4.78 is 0. The number of rotatable bonds is 2. The summed E-state index contributed by atoms with van der Waals surface area (Å²) in [7, 11) is 1.00. The van der Waals surface area contributed by atoms with Crippen molar-refractivity contribution in [2.24, 2.45) is 10.7 Å². The average molecular weight is 267 g/mol. The zero-order chi connectivity index (χ0) is 14.8. The number of fused-ring (bicyclic) bond motifs is 1. The Morgan fingerprint density at radius 1 is 1.21 bits per heavy atom. The number of aliphatic hydroxyl groups is 1. The average Bonchev–Trinajstić information content (AvgIpc) is 2.89. The fraction of sp³-hybridized carbons (Fsp3) is 0.500. The standard InChI is InChI=1S/C11H15N3O.C2H6.CH4O/c1-7(12)13-10-5-8-3-2-4-9(8)6-11(10)14-15;2*1-2/h5-6,14-15H,2-4H2,1H3,(H2,12,13);1-2H3;2H,1H3. The molecule has 19 heavy (non-hydrogen) atoms. The predicted octanol–water partition coefficient (Wildman–Crippen LogP) is 2.62. The van der Waals surface area contributed by atoms with Crippen LogP contribution < -0.4 is 11.2 Å². The highest BCUT2D eigenvalue weighted by atomic mass is 16.5. The molecule has 0 atom stereocenters. The van der Waals surface area contributed by atoms with Crippen molar-refractivity contribution in [1.82, 2.24) is 0 Å². The van der Waals surface area contributed by atoms with E-state index in [0.29, 0.717) is 17.2 Å². The Kier molecular flexibility index (Phi) is 8.57. The Bertz CT molecular complexity index is 413. The van der Waals surface area contributed by atoms with Gasteiger partial charge in [-0.1, -0.05) is 13.8 Å². The molecule has 0 aromatic heterocycles. The molecule has 0 bridgehead atoms. The lowest BCUT2D eigenvalue weighted by molar-refractivity contribution is 0.389. The molecule has 0 aliphatic heterocycles. The van der Waals surface area contributed by atoms with Crippen LogP contribution in [0, 0.1) is 0 Å². The second-order valence-electron chi connectivity index (χ2n) is 3.86. The fourth-order valence-electron chi connectivity index (χ4n) is 1.98. The minimum absolute atomic E-state index is 0.490. The number of nitrogens with zero attached hydrogens (tertiary/aromatic N) is 1. The smallest absolute Gasteiger partial charge is 0.0965 e. The molecule has 0 heterocycles. The van der Waals surface area contributed by atoms with Crippen molar-refractivity contribution in [3.8, 4) is 0 Å². The maximum atomic E-state index is 9.00. The highest BCUT2D eigenvalue weighted by Crippen LogP contribution is 2.33. The first kappa shape index (κ1) is 17.4. The zero-order valence-electron chi connectivity index (χ0n) is 12.2. The highest BCUT2D eigenvalue weighted by Gasteiger charge is 2.14. The molecule has 1 aromatic carbocycles. The van der Waals surface area contributed by atoms with Crippen molar-refractivity contribution in [3.05, 3.63) is 23.3 Å². The van der Waals surface area contributed by atoms with Crippen molar-refractivity contribution in [2.75, 3.05) is 12.6 Å². The molecule has 0 radical (unpaired) electrons. The van der Waals surface area contributed by atoms with E-state index in [-0.39, 0.29) is 0 Å². The van der Waals surface area contributed by atoms with Gasteiger partial charge in [0.05, 0.1) is 17.2 Å². The van der Waals surface area contributed by atoms with E-state index in [9.17, 15) is 0 Å². The molecule has 1 aromatic rings. The molecule has 1 aliphatic carbocycles. The molecule has 0 spiro atoms. The third kappa shape index (κ3) is 4.89. The van der Waals surface area contributed by atoms with Gasteiger partial charge in [0.25, 0.3) is 0 Å². The van der Waals surface area contributed by atoms with Crippen LogP contribution in [0.15, 0.2) is 17.1 Å². The van der Waals surface area contributed by atoms with Gasteiger partial charge in [-0.15, -0.1) is 0 Å². The van der Waals surface area contributed by atoms with Crippen molar-refractivity contribution in [2.45, 2.75) is 40.0 Å². The monoisotopic (exact) mass is 267 g/mol. The Balaban J connectivity index is 0.000000741. The Labute approximate surface area is 115 Å². The third-order valence-electron chi connectivity index (χ3n) is 2.63. The first-order chi connectivity index (χ1) is 9.20. The molecule has 108 valence electrons. The lowest BCUT2D eigenvalue weighted by Gasteiger charge is -2.08. The first-order valence-electron chi connectivity index (χ1n) is 6.52. The van der Waals surface area contributed by atoms with Crippen LogP contribution in [0.3, 0.4) is 0 Å². The van der Waals surface area contributed by atoms with E-state index in [1.54, 1.807) is 6.92 Å². The van der Waals surface area contributed by atoms with Gasteiger partial charge in [0.2, 0.25) is 0 Å². The SMILES string of the molecule is CC.CC(N)=Nc1cc2c(cc1NO)CCC2.CO. The van der Waals surface area contributed by atoms with Crippen molar-refractivity contribution >= 4 is 17.2 Å². The van der Waals surface area contributed by atoms with Gasteiger partial charge in [0.15, 0.2) is 0 Å². The van der Waals surface area contributed by atoms with Gasteiger partial charge in [-0.2, -0.15) is 0 Å². The van der Waals surface area contributed by atoms with Crippen LogP contribution >= 0.6 is 0 Å². The molecule has 5 N–H and O–H groups in total. The number of hydrogen-bond acceptors (Lipinski definition) is 4. The highest BCUT2D eigenvalue weighted by molar-refractivity contribution is 5.83. The topological polar surface area (TPSA) is 90.9 Å². The van der Waals surface area contributed by atoms with E-state index in [1.165, 1.54) is 17.5 Å². The van der Waals surface area contributed by atoms with Crippen molar-refractivity contribution in [3.63, 3.8) is 0 Å². The number of nitrogens with two attached hydrogens (primary N) is 1. The van der Waals surface area contributed by atoms with Crippen LogP contribution in [0.25, 0.3) is 0 Å². The number of aliphatic hydroxyl groups excluding tert-OH is 1. The molecule has 0 saturated carbocycles. The largest absolute Gasteiger partial charge is 0.400 e. The minimum Gasteiger partial charge on any atom is -0.400 e. The van der Waals surface area contributed by atoms with Crippen LogP contribution in [0.5, 0.6) is 0 Å². The van der Waals surface area contributed by atoms with Gasteiger partial charge in [-0.05, 0) is 49.4 Å². The quantitative estimate of drug-likeness (QED) is 0.376. The number of aryl methyl sites for hydroxylation is 2. The Hall–Kier alpha value is -1.59. The minimum atomic E-state index is 0.490. The van der Waals surface area contributed by atoms with Crippen LogP contribution in [-0.2, 0) is 12.8 Å². The summed E-state index contributed by atoms with van der Waals surface area (Å²) >= 11 is 0. The summed E-state index contributed by atoms with van der Waals surface area (Å²) in [6, 6.07) is 3.95. The van der Waals surface area contributed by atoms with E-state index in [2.05, 4.69) is 10.5 Å². The summed E-state index contributed by atoms with van der Waals surface area (Å²) in [5, 5.41) is 16.0. The maximum Gasteiger partial charge on any atom is 0.0965 e. The van der Waals surface area contributed by atoms with E-state index in [1.807, 2.05) is 26.0 Å². The number of benzene rings is 1. The lowest BCUT2D eigenvalue weighted by Crippen LogP contribution is -2.04. The first-order valence-corrected chi connectivity index (χ1v) is 6.52. The lowest BCUT2D eigenvalue weighted by atomic mass is 10.1. The van der Waals surface area contributed by atoms with E-state index >= 15 is 0 Å². The number of anilines is 1. The van der Waals surface area contributed by atoms with Crippen LogP contribution in [-0.4, -0.2) is 23.3 Å². The van der Waals surface area contributed by atoms with Gasteiger partial charge < -0.3 is 10.8 Å². The maximum absolute atomic E-state index is 9.00. The molecule has 2 rings (SSSR count). The Morgan fingerprint density at radius 3 is 2.21 bits per heavy atom. The normalized spacial score (nSPS) is 12.6. The van der Waals surface area contributed by atoms with E-state index < -0.39 is 0 Å². The molecular formula is C14H25N3O2. The molecule has 0 amide bonds. The summed E-state index contributed by atoms with van der Waals surface area (Å²) in [4.78, 5) is 4.18. The molecule has 0 saturated heterocycles. The van der Waals surface area contributed by atoms with Crippen LogP contribution in [0.4, 0.5) is 11.4 Å². The number of amidine groups is 1. The van der Waals surface area contributed by atoms with Gasteiger partial charge in [0.1, 0.15) is 0 Å². The van der Waals surface area contributed by atoms with Gasteiger partial charge in [0, 0.05) is 7.11 Å².